The Morgan fingerprint density at radius 3 is 2.76 bits per heavy atom. The summed E-state index contributed by atoms with van der Waals surface area (Å²) in [7, 11) is 0. The highest BCUT2D eigenvalue weighted by molar-refractivity contribution is 5.78. The smallest absolute Gasteiger partial charge is 0.133 e. The van der Waals surface area contributed by atoms with Gasteiger partial charge in [0.05, 0.1) is 17.8 Å². The largest absolute Gasteiger partial charge is 0.374 e. The van der Waals surface area contributed by atoms with Gasteiger partial charge in [0.2, 0.25) is 0 Å². The maximum absolute atomic E-state index is 11.3. The van der Waals surface area contributed by atoms with Gasteiger partial charge in [0.1, 0.15) is 5.78 Å². The van der Waals surface area contributed by atoms with Crippen LogP contribution in [-0.4, -0.2) is 33.0 Å². The molecule has 0 aliphatic carbocycles. The lowest BCUT2D eigenvalue weighted by Gasteiger charge is -2.25. The van der Waals surface area contributed by atoms with E-state index in [1.165, 1.54) is 0 Å². The van der Waals surface area contributed by atoms with Crippen molar-refractivity contribution in [3.8, 4) is 0 Å². The second kappa shape index (κ2) is 8.27. The van der Waals surface area contributed by atoms with Crippen LogP contribution in [0.2, 0.25) is 0 Å². The van der Waals surface area contributed by atoms with Crippen LogP contribution < -0.4 is 0 Å². The number of hydrogen-bond acceptors (Lipinski definition) is 4. The molecule has 1 rings (SSSR count). The van der Waals surface area contributed by atoms with Gasteiger partial charge in [-0.15, -0.1) is 5.10 Å². The summed E-state index contributed by atoms with van der Waals surface area (Å²) in [6.07, 6.45) is 4.78. The molecule has 0 spiro atoms. The Bertz CT molecular complexity index is 438. The third-order valence-corrected chi connectivity index (χ3v) is 3.37. The zero-order valence-electron chi connectivity index (χ0n) is 14.1. The van der Waals surface area contributed by atoms with Crippen molar-refractivity contribution in [1.29, 1.82) is 0 Å². The molecule has 120 valence electrons. The molecule has 0 fully saturated rings. The molecule has 0 aliphatic rings. The molecule has 5 nitrogen and oxygen atoms in total. The predicted molar refractivity (Wildman–Crippen MR) is 83.1 cm³/mol. The number of carbonyl (C=O) groups is 1. The maximum atomic E-state index is 11.3. The van der Waals surface area contributed by atoms with E-state index in [-0.39, 0.29) is 11.4 Å². The van der Waals surface area contributed by atoms with Crippen molar-refractivity contribution in [1.82, 2.24) is 15.0 Å². The van der Waals surface area contributed by atoms with Gasteiger partial charge < -0.3 is 4.74 Å². The number of Topliss-reactive ketones (excluding diaryl/α,β-unsaturated/α-hetero) is 1. The number of aromatic nitrogens is 3. The van der Waals surface area contributed by atoms with Gasteiger partial charge in [-0.25, -0.2) is 4.68 Å². The van der Waals surface area contributed by atoms with Crippen LogP contribution in [0.25, 0.3) is 0 Å². The molecule has 0 bridgehead atoms. The molecule has 1 aromatic rings. The first-order valence-electron chi connectivity index (χ1n) is 7.87. The van der Waals surface area contributed by atoms with Crippen molar-refractivity contribution in [3.63, 3.8) is 0 Å². The Morgan fingerprint density at radius 1 is 1.43 bits per heavy atom. The van der Waals surface area contributed by atoms with E-state index in [9.17, 15) is 4.79 Å². The molecule has 1 heterocycles. The number of nitrogens with zero attached hydrogens (tertiary/aromatic N) is 3. The van der Waals surface area contributed by atoms with E-state index in [0.29, 0.717) is 31.7 Å². The van der Waals surface area contributed by atoms with Crippen LogP contribution in [0, 0.1) is 5.92 Å². The molecule has 0 amide bonds. The second-order valence-corrected chi connectivity index (χ2v) is 6.59. The van der Waals surface area contributed by atoms with E-state index in [1.807, 2.05) is 13.1 Å². The Kier molecular flexibility index (Phi) is 7.02. The number of hydrogen-bond donors (Lipinski definition) is 0. The van der Waals surface area contributed by atoms with Crippen LogP contribution in [0.5, 0.6) is 0 Å². The van der Waals surface area contributed by atoms with Gasteiger partial charge in [0.15, 0.2) is 0 Å². The van der Waals surface area contributed by atoms with E-state index in [0.717, 1.165) is 18.7 Å². The first-order valence-corrected chi connectivity index (χ1v) is 7.87. The topological polar surface area (TPSA) is 57.0 Å². The highest BCUT2D eigenvalue weighted by atomic mass is 16.5. The Hall–Kier alpha value is -1.23. The monoisotopic (exact) mass is 295 g/mol. The lowest BCUT2D eigenvalue weighted by molar-refractivity contribution is -0.118. The minimum Gasteiger partial charge on any atom is -0.374 e. The van der Waals surface area contributed by atoms with E-state index >= 15 is 0 Å². The van der Waals surface area contributed by atoms with Crippen molar-refractivity contribution >= 4 is 5.78 Å². The SMILES string of the molecule is CCC(=O)CCc1cn(CC(C)(C)OCCC(C)C)nn1. The summed E-state index contributed by atoms with van der Waals surface area (Å²) < 4.78 is 7.73. The molecule has 1 aromatic heterocycles. The molecular weight excluding hydrogens is 266 g/mol. The first-order chi connectivity index (χ1) is 9.82. The number of carbonyl (C=O) groups excluding carboxylic acids is 1. The molecular formula is C16H29N3O2. The number of aryl methyl sites for hydroxylation is 1. The van der Waals surface area contributed by atoms with E-state index in [4.69, 9.17) is 4.74 Å². The third kappa shape index (κ3) is 7.37. The third-order valence-electron chi connectivity index (χ3n) is 3.37. The standard InChI is InChI=1S/C16H29N3O2/c1-6-15(20)8-7-14-11-19(18-17-14)12-16(4,5)21-10-9-13(2)3/h11,13H,6-10,12H2,1-5H3. The fraction of sp³-hybridized carbons (Fsp3) is 0.812. The predicted octanol–water partition coefficient (Wildman–Crippen LogP) is 3.03. The molecule has 0 saturated carbocycles. The van der Waals surface area contributed by atoms with Gasteiger partial charge in [-0.1, -0.05) is 26.0 Å². The highest BCUT2D eigenvalue weighted by Crippen LogP contribution is 2.14. The fourth-order valence-corrected chi connectivity index (χ4v) is 1.98. The van der Waals surface area contributed by atoms with Crippen LogP contribution in [0.4, 0.5) is 0 Å². The fourth-order valence-electron chi connectivity index (χ4n) is 1.98. The van der Waals surface area contributed by atoms with Gasteiger partial charge in [-0.3, -0.25) is 4.79 Å². The van der Waals surface area contributed by atoms with Gasteiger partial charge in [-0.2, -0.15) is 0 Å². The molecule has 21 heavy (non-hydrogen) atoms. The summed E-state index contributed by atoms with van der Waals surface area (Å²) in [5, 5.41) is 8.24. The molecule has 0 unspecified atom stereocenters. The van der Waals surface area contributed by atoms with Crippen LogP contribution in [0.3, 0.4) is 0 Å². The molecule has 0 N–H and O–H groups in total. The minimum atomic E-state index is -0.265. The maximum Gasteiger partial charge on any atom is 0.133 e. The van der Waals surface area contributed by atoms with E-state index in [1.54, 1.807) is 4.68 Å². The summed E-state index contributed by atoms with van der Waals surface area (Å²) in [5.74, 6) is 0.914. The highest BCUT2D eigenvalue weighted by Gasteiger charge is 2.20. The minimum absolute atomic E-state index is 0.265. The molecule has 0 radical (unpaired) electrons. The van der Waals surface area contributed by atoms with Crippen molar-refractivity contribution in [2.45, 2.75) is 72.4 Å². The molecule has 0 aromatic carbocycles. The molecule has 0 atom stereocenters. The molecule has 5 heteroatoms. The van der Waals surface area contributed by atoms with Crippen molar-refractivity contribution in [2.24, 2.45) is 5.92 Å². The summed E-state index contributed by atoms with van der Waals surface area (Å²) in [5.41, 5.74) is 0.605. The lowest BCUT2D eigenvalue weighted by atomic mass is 10.1. The average Bonchev–Trinajstić information content (AvgIpc) is 2.81. The number of ether oxygens (including phenoxy) is 1. The summed E-state index contributed by atoms with van der Waals surface area (Å²) in [6.45, 7) is 11.8. The molecule has 0 saturated heterocycles. The lowest BCUT2D eigenvalue weighted by Crippen LogP contribution is -2.31. The average molecular weight is 295 g/mol. The summed E-state index contributed by atoms with van der Waals surface area (Å²) in [4.78, 5) is 11.3. The summed E-state index contributed by atoms with van der Waals surface area (Å²) >= 11 is 0. The van der Waals surface area contributed by atoms with Crippen LogP contribution in [0.1, 0.15) is 59.6 Å². The summed E-state index contributed by atoms with van der Waals surface area (Å²) in [6, 6.07) is 0. The van der Waals surface area contributed by atoms with Gasteiger partial charge in [0, 0.05) is 25.6 Å². The van der Waals surface area contributed by atoms with E-state index in [2.05, 4.69) is 38.0 Å². The Labute approximate surface area is 128 Å². The normalized spacial score (nSPS) is 12.1. The van der Waals surface area contributed by atoms with Gasteiger partial charge >= 0.3 is 0 Å². The zero-order valence-corrected chi connectivity index (χ0v) is 14.1. The number of rotatable bonds is 10. The van der Waals surface area contributed by atoms with Crippen LogP contribution >= 0.6 is 0 Å². The quantitative estimate of drug-likeness (QED) is 0.666. The Balaban J connectivity index is 2.43. The van der Waals surface area contributed by atoms with Crippen molar-refractivity contribution < 1.29 is 9.53 Å². The van der Waals surface area contributed by atoms with Crippen LogP contribution in [0.15, 0.2) is 6.20 Å². The second-order valence-electron chi connectivity index (χ2n) is 6.59. The van der Waals surface area contributed by atoms with Gasteiger partial charge in [0.25, 0.3) is 0 Å². The first kappa shape index (κ1) is 17.8. The zero-order chi connectivity index (χ0) is 15.9. The molecule has 0 aliphatic heterocycles. The number of ketones is 1. The van der Waals surface area contributed by atoms with Gasteiger partial charge in [-0.05, 0) is 32.6 Å². The van der Waals surface area contributed by atoms with E-state index < -0.39 is 0 Å². The van der Waals surface area contributed by atoms with Crippen LogP contribution in [-0.2, 0) is 22.5 Å². The van der Waals surface area contributed by atoms with Crippen molar-refractivity contribution in [2.75, 3.05) is 6.61 Å². The Morgan fingerprint density at radius 2 is 2.14 bits per heavy atom. The van der Waals surface area contributed by atoms with Crippen molar-refractivity contribution in [3.05, 3.63) is 11.9 Å².